The van der Waals surface area contributed by atoms with Gasteiger partial charge in [0.05, 0.1) is 0 Å². The van der Waals surface area contributed by atoms with Crippen LogP contribution < -0.4 is 0 Å². The van der Waals surface area contributed by atoms with Crippen molar-refractivity contribution in [3.63, 3.8) is 0 Å². The van der Waals surface area contributed by atoms with E-state index in [1.807, 2.05) is 0 Å². The molecule has 0 fully saturated rings. The van der Waals surface area contributed by atoms with Gasteiger partial charge in [0.15, 0.2) is 0 Å². The van der Waals surface area contributed by atoms with Gasteiger partial charge in [-0.2, -0.15) is 167 Å². The maximum atomic E-state index is 14.0. The van der Waals surface area contributed by atoms with E-state index in [-0.39, 0.29) is 0 Å². The van der Waals surface area contributed by atoms with Crippen molar-refractivity contribution < 1.29 is 167 Å². The Labute approximate surface area is 307 Å². The van der Waals surface area contributed by atoms with Gasteiger partial charge < -0.3 is 0 Å². The fraction of sp³-hybridized carbons (Fsp3) is 1.00. The highest BCUT2D eigenvalue weighted by Crippen LogP contribution is 2.71. The van der Waals surface area contributed by atoms with Crippen LogP contribution in [-0.2, 0) is 0 Å². The minimum Gasteiger partial charge on any atom is -0.200 e. The molecule has 61 heavy (non-hydrogen) atoms. The van der Waals surface area contributed by atoms with Gasteiger partial charge in [-0.1, -0.05) is 13.8 Å². The van der Waals surface area contributed by atoms with Crippen molar-refractivity contribution in [2.75, 3.05) is 0 Å². The second kappa shape index (κ2) is 13.9. The van der Waals surface area contributed by atoms with Crippen LogP contribution in [0.5, 0.6) is 0 Å². The highest BCUT2D eigenvalue weighted by Gasteiger charge is 3.03. The smallest absolute Gasteiger partial charge is 0.200 e. The normalized spacial score (nSPS) is 17.4. The third-order valence-electron chi connectivity index (χ3n) is 8.00. The first-order chi connectivity index (χ1) is 25.4. The number of alkyl halides is 38. The topological polar surface area (TPSA) is 0 Å². The van der Waals surface area contributed by atoms with E-state index in [1.54, 1.807) is 0 Å². The van der Waals surface area contributed by atoms with Gasteiger partial charge in [-0.3, -0.25) is 0 Å². The largest absolute Gasteiger partial charge is 0.385 e. The summed E-state index contributed by atoms with van der Waals surface area (Å²) in [6.45, 7) is -2.62. The van der Waals surface area contributed by atoms with Gasteiger partial charge in [0.25, 0.3) is 0 Å². The molecule has 0 aliphatic heterocycles. The van der Waals surface area contributed by atoms with Gasteiger partial charge in [-0.15, -0.1) is 0 Å². The number of hydrogen-bond donors (Lipinski definition) is 0. The molecule has 0 bridgehead atoms. The molecule has 0 spiro atoms. The van der Waals surface area contributed by atoms with Crippen LogP contribution in [-0.4, -0.2) is 113 Å². The molecule has 0 saturated heterocycles. The molecule has 0 aliphatic carbocycles. The van der Waals surface area contributed by atoms with E-state index < -0.39 is 139 Å². The lowest BCUT2D eigenvalue weighted by Gasteiger charge is -2.47. The SMILES string of the molecule is CC(C)C(F)(F)C(F)(F)C(F)(F)C(F)(F)C(F)(F)C(F)(F)C(F)(F)C(F)(F)C(F)(F)C(F)(F)C(F)(F)C(F)(F)C(F)(F)C(F)(F)C(F)(F)C(F)(F)C(F)(F)C(F)(F)C(C)(F)F. The summed E-state index contributed by atoms with van der Waals surface area (Å²) in [5.74, 6) is -185. The summed E-state index contributed by atoms with van der Waals surface area (Å²) in [5.41, 5.74) is 0. The van der Waals surface area contributed by atoms with Crippen molar-refractivity contribution in [2.24, 2.45) is 5.92 Å². The van der Waals surface area contributed by atoms with Gasteiger partial charge >= 0.3 is 113 Å². The molecule has 0 aromatic heterocycles. The van der Waals surface area contributed by atoms with Crippen molar-refractivity contribution in [3.05, 3.63) is 0 Å². The van der Waals surface area contributed by atoms with Crippen molar-refractivity contribution in [2.45, 2.75) is 133 Å². The highest BCUT2D eigenvalue weighted by molar-refractivity contribution is 5.23. The Morgan fingerprint density at radius 3 is 0.377 bits per heavy atom. The lowest BCUT2D eigenvalue weighted by molar-refractivity contribution is -0.493. The van der Waals surface area contributed by atoms with Crippen LogP contribution in [0.4, 0.5) is 167 Å². The minimum absolute atomic E-state index is 0.445. The third-order valence-corrected chi connectivity index (χ3v) is 8.00. The van der Waals surface area contributed by atoms with E-state index in [0.717, 1.165) is 0 Å². The van der Waals surface area contributed by atoms with Gasteiger partial charge in [0.2, 0.25) is 0 Å². The van der Waals surface area contributed by atoms with Crippen molar-refractivity contribution in [1.82, 2.24) is 0 Å². The summed E-state index contributed by atoms with van der Waals surface area (Å²) in [5, 5.41) is 0. The second-order valence-corrected chi connectivity index (χ2v) is 12.4. The zero-order chi connectivity index (χ0) is 51.1. The molecule has 0 aromatic rings. The maximum Gasteiger partial charge on any atom is 0.385 e. The van der Waals surface area contributed by atoms with Crippen molar-refractivity contribution >= 4 is 0 Å². The van der Waals surface area contributed by atoms with Gasteiger partial charge in [0, 0.05) is 12.8 Å². The number of hydrogen-bond acceptors (Lipinski definition) is 0. The van der Waals surface area contributed by atoms with Gasteiger partial charge in [-0.05, 0) is 0 Å². The molecule has 0 saturated carbocycles. The molecule has 0 nitrogen and oxygen atoms in total. The molecule has 0 aliphatic rings. The van der Waals surface area contributed by atoms with Crippen LogP contribution in [0, 0.1) is 5.92 Å². The quantitative estimate of drug-likeness (QED) is 0.113. The summed E-state index contributed by atoms with van der Waals surface area (Å²) >= 11 is 0. The Hall–Kier alpha value is -2.66. The summed E-state index contributed by atoms with van der Waals surface area (Å²) < 4.78 is 522. The van der Waals surface area contributed by atoms with Crippen LogP contribution in [0.1, 0.15) is 20.8 Å². The Morgan fingerprint density at radius 2 is 0.279 bits per heavy atom. The molecule has 0 atom stereocenters. The van der Waals surface area contributed by atoms with Crippen molar-refractivity contribution in [1.29, 1.82) is 0 Å². The summed E-state index contributed by atoms with van der Waals surface area (Å²) in [6.07, 6.45) is 0. The predicted molar refractivity (Wildman–Crippen MR) is 115 cm³/mol. The van der Waals surface area contributed by atoms with Crippen LogP contribution >= 0.6 is 0 Å². The maximum absolute atomic E-state index is 14.0. The average molecular weight is 1010 g/mol. The molecular weight excluding hydrogens is 998 g/mol. The molecule has 368 valence electrons. The van der Waals surface area contributed by atoms with Crippen molar-refractivity contribution in [3.8, 4) is 0 Å². The predicted octanol–water partition coefficient (Wildman–Crippen LogP) is 13.7. The molecule has 0 heterocycles. The van der Waals surface area contributed by atoms with Crippen LogP contribution in [0.25, 0.3) is 0 Å². The monoisotopic (exact) mass is 1010 g/mol. The fourth-order valence-corrected chi connectivity index (χ4v) is 3.81. The summed E-state index contributed by atoms with van der Waals surface area (Å²) in [7, 11) is 0. The average Bonchev–Trinajstić information content (AvgIpc) is 3.02. The standard InChI is InChI=1S/C23H10F38/c1-4(2)6(26,27)8(30,31)10(34,35)12(38,39)14(42,43)16(46,47)18(50,51)20(54,55)22(58,59)23(60,61)21(56,57)19(52,53)17(48,49)15(44,45)13(40,41)11(36,37)9(32,33)7(28,29)5(3,24)25/h4H,1-3H3. The van der Waals surface area contributed by atoms with Crippen LogP contribution in [0.2, 0.25) is 0 Å². The first-order valence-corrected chi connectivity index (χ1v) is 13.6. The molecule has 38 heteroatoms. The molecule has 0 rings (SSSR count). The van der Waals surface area contributed by atoms with Crippen LogP contribution in [0.15, 0.2) is 0 Å². The number of halogens is 38. The zero-order valence-corrected chi connectivity index (χ0v) is 27.4. The van der Waals surface area contributed by atoms with E-state index in [9.17, 15) is 167 Å². The third kappa shape index (κ3) is 6.42. The molecule has 0 radical (unpaired) electrons. The molecule has 0 aromatic carbocycles. The second-order valence-electron chi connectivity index (χ2n) is 12.4. The molecular formula is C23H10F38. The van der Waals surface area contributed by atoms with E-state index >= 15 is 0 Å². The Kier molecular flexibility index (Phi) is 13.3. The lowest BCUT2D eigenvalue weighted by Crippen LogP contribution is -2.80. The Morgan fingerprint density at radius 1 is 0.180 bits per heavy atom. The van der Waals surface area contributed by atoms with Crippen LogP contribution in [0.3, 0.4) is 0 Å². The van der Waals surface area contributed by atoms with Gasteiger partial charge in [0.1, 0.15) is 0 Å². The molecule has 0 amide bonds. The van der Waals surface area contributed by atoms with E-state index in [0.29, 0.717) is 0 Å². The Balaban J connectivity index is 7.95. The fourth-order valence-electron chi connectivity index (χ4n) is 3.81. The van der Waals surface area contributed by atoms with Gasteiger partial charge in [-0.25, -0.2) is 0 Å². The zero-order valence-electron chi connectivity index (χ0n) is 27.4. The minimum atomic E-state index is -10.5. The molecule has 0 N–H and O–H groups in total. The highest BCUT2D eigenvalue weighted by atomic mass is 19.4. The Bertz CT molecular complexity index is 1580. The van der Waals surface area contributed by atoms with E-state index in [4.69, 9.17) is 0 Å². The summed E-state index contributed by atoms with van der Waals surface area (Å²) in [6, 6.07) is 0. The lowest BCUT2D eigenvalue weighted by atomic mass is 9.81. The van der Waals surface area contributed by atoms with E-state index in [1.165, 1.54) is 0 Å². The summed E-state index contributed by atoms with van der Waals surface area (Å²) in [4.78, 5) is 0. The first-order valence-electron chi connectivity index (χ1n) is 13.6. The number of rotatable bonds is 19. The first kappa shape index (κ1) is 58.3. The van der Waals surface area contributed by atoms with E-state index in [2.05, 4.69) is 0 Å². The molecule has 0 unspecified atom stereocenters.